The van der Waals surface area contributed by atoms with Crippen LogP contribution in [-0.2, 0) is 23.2 Å². The molecule has 0 spiro atoms. The summed E-state index contributed by atoms with van der Waals surface area (Å²) in [6, 6.07) is 9.15. The quantitative estimate of drug-likeness (QED) is 0.0915. The van der Waals surface area contributed by atoms with Crippen LogP contribution in [0.1, 0.15) is 129 Å². The van der Waals surface area contributed by atoms with E-state index < -0.39 is 16.6 Å². The van der Waals surface area contributed by atoms with Gasteiger partial charge in [-0.15, -0.1) is 0 Å². The van der Waals surface area contributed by atoms with Crippen molar-refractivity contribution in [2.75, 3.05) is 7.11 Å². The van der Waals surface area contributed by atoms with Crippen LogP contribution in [0.3, 0.4) is 0 Å². The van der Waals surface area contributed by atoms with Gasteiger partial charge in [0.15, 0.2) is 16.6 Å². The number of benzene rings is 1. The molecule has 2 fully saturated rings. The highest BCUT2D eigenvalue weighted by atomic mass is 28.4. The standard InChI is InChI=1S/C38H64O5Si2/c1-37(2,3)44(8,9)42-33-27-32(39)31(21-17-12-13-18-22-34(40)41-7)35(33)28-23-25-30(26-24-28)36(29-19-15-14-16-20-29)43-45(10,11)38(4,5)6/h12,17,23-26,29,31,33,35-36H,13-16,18-22,27H2,1-11H3/b17-12-/t31-,33+,35?,36?/m0/s1. The lowest BCUT2D eigenvalue weighted by molar-refractivity contribution is -0.140. The first kappa shape index (κ1) is 37.9. The first-order valence-electron chi connectivity index (χ1n) is 17.6. The number of rotatable bonds is 13. The minimum Gasteiger partial charge on any atom is -0.469 e. The van der Waals surface area contributed by atoms with Crippen LogP contribution in [0.25, 0.3) is 0 Å². The van der Waals surface area contributed by atoms with E-state index in [-0.39, 0.29) is 40.1 Å². The molecular weight excluding hydrogens is 593 g/mol. The third kappa shape index (κ3) is 9.98. The Morgan fingerprint density at radius 2 is 1.51 bits per heavy atom. The molecule has 1 aromatic rings. The van der Waals surface area contributed by atoms with Crippen LogP contribution < -0.4 is 0 Å². The molecule has 0 saturated heterocycles. The molecule has 45 heavy (non-hydrogen) atoms. The molecule has 2 unspecified atom stereocenters. The summed E-state index contributed by atoms with van der Waals surface area (Å²) >= 11 is 0. The fourth-order valence-electron chi connectivity index (χ4n) is 6.43. The van der Waals surface area contributed by atoms with Crippen LogP contribution in [-0.4, -0.2) is 41.6 Å². The molecule has 0 amide bonds. The van der Waals surface area contributed by atoms with E-state index >= 15 is 0 Å². The minimum atomic E-state index is -2.09. The first-order chi connectivity index (χ1) is 20.9. The smallest absolute Gasteiger partial charge is 0.305 e. The molecule has 2 aliphatic carbocycles. The maximum atomic E-state index is 13.6. The number of Topliss-reactive ketones (excluding diaryl/α,β-unsaturated/α-hetero) is 1. The van der Waals surface area contributed by atoms with Crippen molar-refractivity contribution in [3.8, 4) is 0 Å². The van der Waals surface area contributed by atoms with Gasteiger partial charge < -0.3 is 13.6 Å². The molecule has 0 radical (unpaired) electrons. The van der Waals surface area contributed by atoms with E-state index in [0.717, 1.165) is 12.8 Å². The van der Waals surface area contributed by atoms with Gasteiger partial charge in [-0.05, 0) is 85.4 Å². The molecule has 5 nitrogen and oxygen atoms in total. The number of carbonyl (C=O) groups excluding carboxylic acids is 2. The highest BCUT2D eigenvalue weighted by Crippen LogP contribution is 2.48. The highest BCUT2D eigenvalue weighted by molar-refractivity contribution is 6.74. The zero-order valence-electron chi connectivity index (χ0n) is 30.5. The summed E-state index contributed by atoms with van der Waals surface area (Å²) in [5.41, 5.74) is 2.48. The van der Waals surface area contributed by atoms with Crippen molar-refractivity contribution < 1.29 is 23.2 Å². The molecule has 2 aliphatic rings. The SMILES string of the molecule is COC(=O)CCC/C=C\C[C@H]1C(=O)C[C@@H](O[Si](C)(C)C(C)(C)C)C1c1ccc(C(O[Si](C)(C)C(C)(C)C)C2CCCCC2)cc1. The van der Waals surface area contributed by atoms with Crippen LogP contribution >= 0.6 is 0 Å². The van der Waals surface area contributed by atoms with Gasteiger partial charge in [-0.1, -0.05) is 97.2 Å². The van der Waals surface area contributed by atoms with Gasteiger partial charge in [0.1, 0.15) is 5.78 Å². The molecule has 1 aromatic carbocycles. The van der Waals surface area contributed by atoms with Gasteiger partial charge >= 0.3 is 5.97 Å². The highest BCUT2D eigenvalue weighted by Gasteiger charge is 2.48. The fraction of sp³-hybridized carbons (Fsp3) is 0.737. The van der Waals surface area contributed by atoms with Crippen LogP contribution in [0.4, 0.5) is 0 Å². The van der Waals surface area contributed by atoms with Gasteiger partial charge in [0, 0.05) is 24.7 Å². The Kier molecular flexibility index (Phi) is 13.1. The summed E-state index contributed by atoms with van der Waals surface area (Å²) in [7, 11) is -2.64. The van der Waals surface area contributed by atoms with Gasteiger partial charge in [0.25, 0.3) is 0 Å². The number of carbonyl (C=O) groups is 2. The van der Waals surface area contributed by atoms with Crippen LogP contribution in [0.5, 0.6) is 0 Å². The van der Waals surface area contributed by atoms with Crippen molar-refractivity contribution in [1.29, 1.82) is 0 Å². The summed E-state index contributed by atoms with van der Waals surface area (Å²) in [5, 5.41) is 0.217. The topological polar surface area (TPSA) is 61.8 Å². The maximum Gasteiger partial charge on any atom is 0.305 e. The van der Waals surface area contributed by atoms with Gasteiger partial charge in [0.2, 0.25) is 0 Å². The second-order valence-corrected chi connectivity index (χ2v) is 26.3. The third-order valence-electron chi connectivity index (χ3n) is 11.4. The van der Waals surface area contributed by atoms with Crippen molar-refractivity contribution >= 4 is 28.4 Å². The lowest BCUT2D eigenvalue weighted by atomic mass is 9.81. The predicted octanol–water partition coefficient (Wildman–Crippen LogP) is 10.7. The maximum absolute atomic E-state index is 13.6. The Bertz CT molecular complexity index is 1140. The summed E-state index contributed by atoms with van der Waals surface area (Å²) in [6.45, 7) is 23.1. The average Bonchev–Trinajstić information content (AvgIpc) is 3.26. The van der Waals surface area contributed by atoms with Crippen molar-refractivity contribution in [3.63, 3.8) is 0 Å². The number of methoxy groups -OCH3 is 1. The van der Waals surface area contributed by atoms with Gasteiger partial charge in [0.05, 0.1) is 19.3 Å². The zero-order chi connectivity index (χ0) is 33.6. The number of esters is 1. The van der Waals surface area contributed by atoms with Crippen molar-refractivity contribution in [2.24, 2.45) is 11.8 Å². The molecule has 0 N–H and O–H groups in total. The number of hydrogen-bond donors (Lipinski definition) is 0. The van der Waals surface area contributed by atoms with Crippen molar-refractivity contribution in [1.82, 2.24) is 0 Å². The van der Waals surface area contributed by atoms with Crippen LogP contribution in [0.15, 0.2) is 36.4 Å². The number of ether oxygens (including phenoxy) is 1. The molecule has 0 heterocycles. The van der Waals surface area contributed by atoms with Gasteiger partial charge in [-0.2, -0.15) is 0 Å². The van der Waals surface area contributed by atoms with E-state index in [2.05, 4.69) is 104 Å². The summed E-state index contributed by atoms with van der Waals surface area (Å²) in [4.78, 5) is 25.1. The molecule has 4 atom stereocenters. The molecule has 0 bridgehead atoms. The Balaban J connectivity index is 1.91. The third-order valence-corrected chi connectivity index (χ3v) is 20.4. The molecule has 7 heteroatoms. The molecule has 3 rings (SSSR count). The summed E-state index contributed by atoms with van der Waals surface area (Å²) < 4.78 is 19.0. The lowest BCUT2D eigenvalue weighted by Crippen LogP contribution is -2.44. The zero-order valence-corrected chi connectivity index (χ0v) is 32.5. The van der Waals surface area contributed by atoms with Gasteiger partial charge in [-0.3, -0.25) is 9.59 Å². The van der Waals surface area contributed by atoms with Crippen LogP contribution in [0, 0.1) is 11.8 Å². The Hall–Kier alpha value is -1.55. The number of hydrogen-bond acceptors (Lipinski definition) is 5. The first-order valence-corrected chi connectivity index (χ1v) is 23.4. The van der Waals surface area contributed by atoms with Crippen LogP contribution in [0.2, 0.25) is 36.3 Å². The monoisotopic (exact) mass is 656 g/mol. The van der Waals surface area contributed by atoms with E-state index in [1.165, 1.54) is 50.3 Å². The Morgan fingerprint density at radius 3 is 2.07 bits per heavy atom. The van der Waals surface area contributed by atoms with E-state index in [9.17, 15) is 9.59 Å². The number of ketones is 1. The fourth-order valence-corrected chi connectivity index (χ4v) is 9.09. The molecule has 0 aromatic heterocycles. The summed E-state index contributed by atoms with van der Waals surface area (Å²) in [6.07, 6.45) is 13.8. The average molecular weight is 657 g/mol. The molecular formula is C38H64O5Si2. The van der Waals surface area contributed by atoms with Gasteiger partial charge in [-0.25, -0.2) is 0 Å². The van der Waals surface area contributed by atoms with Crippen molar-refractivity contribution in [3.05, 3.63) is 47.5 Å². The Labute approximate surface area is 277 Å². The largest absolute Gasteiger partial charge is 0.469 e. The van der Waals surface area contributed by atoms with E-state index in [1.807, 2.05) is 0 Å². The Morgan fingerprint density at radius 1 is 0.911 bits per heavy atom. The van der Waals surface area contributed by atoms with E-state index in [1.54, 1.807) is 0 Å². The number of unbranched alkanes of at least 4 members (excludes halogenated alkanes) is 1. The normalized spacial score (nSPS) is 23.1. The van der Waals surface area contributed by atoms with Crippen molar-refractivity contribution in [2.45, 2.75) is 160 Å². The molecule has 0 aliphatic heterocycles. The summed E-state index contributed by atoms with van der Waals surface area (Å²) in [5.74, 6) is 0.589. The predicted molar refractivity (Wildman–Crippen MR) is 192 cm³/mol. The molecule has 254 valence electrons. The van der Waals surface area contributed by atoms with E-state index in [4.69, 9.17) is 13.6 Å². The second-order valence-electron chi connectivity index (χ2n) is 16.8. The number of allylic oxidation sites excluding steroid dienone is 2. The minimum absolute atomic E-state index is 0.0230. The van der Waals surface area contributed by atoms with E-state index in [0.29, 0.717) is 31.0 Å². The second kappa shape index (κ2) is 15.6. The molecule has 2 saturated carbocycles. The lowest BCUT2D eigenvalue weighted by Gasteiger charge is -2.42.